The first-order valence-electron chi connectivity index (χ1n) is 6.86. The zero-order valence-corrected chi connectivity index (χ0v) is 12.7. The molecule has 5 heteroatoms. The molecule has 0 saturated heterocycles. The molecular weight excluding hydrogens is 256 g/mol. The van der Waals surface area contributed by atoms with Crippen molar-refractivity contribution in [2.24, 2.45) is 0 Å². The quantitative estimate of drug-likeness (QED) is 0.768. The molecule has 0 aromatic heterocycles. The number of amides is 1. The second kappa shape index (κ2) is 8.43. The van der Waals surface area contributed by atoms with Crippen LogP contribution in [-0.2, 0) is 4.79 Å². The predicted octanol–water partition coefficient (Wildman–Crippen LogP) is 2.42. The van der Waals surface area contributed by atoms with Crippen molar-refractivity contribution in [1.82, 2.24) is 5.32 Å². The van der Waals surface area contributed by atoms with Gasteiger partial charge < -0.3 is 20.1 Å². The van der Waals surface area contributed by atoms with Crippen LogP contribution in [-0.4, -0.2) is 32.7 Å². The molecule has 1 rings (SSSR count). The highest BCUT2D eigenvalue weighted by Gasteiger charge is 2.12. The highest BCUT2D eigenvalue weighted by Crippen LogP contribution is 2.28. The van der Waals surface area contributed by atoms with E-state index >= 15 is 0 Å². The van der Waals surface area contributed by atoms with Gasteiger partial charge in [0.1, 0.15) is 11.5 Å². The lowest BCUT2D eigenvalue weighted by Crippen LogP contribution is -2.31. The van der Waals surface area contributed by atoms with E-state index in [1.807, 2.05) is 6.92 Å². The Morgan fingerprint density at radius 3 is 2.65 bits per heavy atom. The molecule has 0 saturated carbocycles. The molecule has 0 bridgehead atoms. The minimum absolute atomic E-state index is 0.0485. The first kappa shape index (κ1) is 16.3. The van der Waals surface area contributed by atoms with E-state index in [0.29, 0.717) is 23.6 Å². The van der Waals surface area contributed by atoms with Crippen LogP contribution in [0.4, 0.5) is 5.69 Å². The molecule has 2 N–H and O–H groups in total. The summed E-state index contributed by atoms with van der Waals surface area (Å²) < 4.78 is 10.4. The van der Waals surface area contributed by atoms with Crippen LogP contribution < -0.4 is 20.1 Å². The van der Waals surface area contributed by atoms with Crippen molar-refractivity contribution < 1.29 is 14.3 Å². The maximum atomic E-state index is 12.0. The number of hydrogen-bond acceptors (Lipinski definition) is 4. The van der Waals surface area contributed by atoms with Gasteiger partial charge in [-0.25, -0.2) is 0 Å². The molecule has 1 aromatic rings. The number of methoxy groups -OCH3 is 2. The summed E-state index contributed by atoms with van der Waals surface area (Å²) in [6.45, 7) is 5.01. The lowest BCUT2D eigenvalue weighted by Gasteiger charge is -2.15. The maximum Gasteiger partial charge on any atom is 0.226 e. The van der Waals surface area contributed by atoms with Crippen LogP contribution in [0.3, 0.4) is 0 Å². The average Bonchev–Trinajstić information content (AvgIpc) is 2.44. The van der Waals surface area contributed by atoms with Gasteiger partial charge in [0.2, 0.25) is 5.91 Å². The van der Waals surface area contributed by atoms with Crippen molar-refractivity contribution >= 4 is 11.6 Å². The Labute approximate surface area is 120 Å². The number of anilines is 1. The van der Waals surface area contributed by atoms with Gasteiger partial charge >= 0.3 is 0 Å². The minimum atomic E-state index is -0.0485. The van der Waals surface area contributed by atoms with Gasteiger partial charge in [0.25, 0.3) is 0 Å². The number of hydrogen-bond donors (Lipinski definition) is 2. The number of nitrogens with one attached hydrogen (secondary N) is 2. The van der Waals surface area contributed by atoms with E-state index in [0.717, 1.165) is 13.0 Å². The smallest absolute Gasteiger partial charge is 0.226 e. The normalized spacial score (nSPS) is 11.8. The third kappa shape index (κ3) is 5.09. The van der Waals surface area contributed by atoms with Crippen LogP contribution in [0.5, 0.6) is 11.5 Å². The molecular formula is C15H24N2O3. The maximum absolute atomic E-state index is 12.0. The van der Waals surface area contributed by atoms with E-state index in [2.05, 4.69) is 17.6 Å². The van der Waals surface area contributed by atoms with Gasteiger partial charge in [-0.2, -0.15) is 0 Å². The Balaban J connectivity index is 2.64. The molecule has 1 amide bonds. The van der Waals surface area contributed by atoms with Gasteiger partial charge in [0, 0.05) is 18.5 Å². The monoisotopic (exact) mass is 280 g/mol. The van der Waals surface area contributed by atoms with Crippen LogP contribution in [0.1, 0.15) is 26.7 Å². The molecule has 112 valence electrons. The number of rotatable bonds is 8. The molecule has 0 aliphatic heterocycles. The van der Waals surface area contributed by atoms with Crippen molar-refractivity contribution in [3.05, 3.63) is 18.2 Å². The summed E-state index contributed by atoms with van der Waals surface area (Å²) in [7, 11) is 3.16. The molecule has 0 aliphatic rings. The van der Waals surface area contributed by atoms with E-state index in [9.17, 15) is 4.79 Å². The molecule has 0 spiro atoms. The summed E-state index contributed by atoms with van der Waals surface area (Å²) in [6.07, 6.45) is 1.47. The van der Waals surface area contributed by atoms with Crippen LogP contribution in [0.25, 0.3) is 0 Å². The van der Waals surface area contributed by atoms with Gasteiger partial charge in [-0.05, 0) is 32.0 Å². The summed E-state index contributed by atoms with van der Waals surface area (Å²) in [4.78, 5) is 12.0. The van der Waals surface area contributed by atoms with Gasteiger partial charge in [-0.1, -0.05) is 6.92 Å². The SMILES string of the molecule is CCCNC(C)CC(=O)Nc1cc(OC)ccc1OC. The zero-order valence-electron chi connectivity index (χ0n) is 12.7. The number of ether oxygens (including phenoxy) is 2. The second-order valence-corrected chi connectivity index (χ2v) is 4.67. The van der Waals surface area contributed by atoms with Gasteiger partial charge in [-0.15, -0.1) is 0 Å². The molecule has 0 aliphatic carbocycles. The van der Waals surface area contributed by atoms with Crippen LogP contribution in [0.15, 0.2) is 18.2 Å². The molecule has 1 aromatic carbocycles. The van der Waals surface area contributed by atoms with E-state index < -0.39 is 0 Å². The lowest BCUT2D eigenvalue weighted by atomic mass is 10.2. The predicted molar refractivity (Wildman–Crippen MR) is 80.5 cm³/mol. The zero-order chi connectivity index (χ0) is 15.0. The lowest BCUT2D eigenvalue weighted by molar-refractivity contribution is -0.116. The molecule has 5 nitrogen and oxygen atoms in total. The standard InChI is InChI=1S/C15H24N2O3/c1-5-8-16-11(2)9-15(18)17-13-10-12(19-3)6-7-14(13)20-4/h6-7,10-11,16H,5,8-9H2,1-4H3,(H,17,18). The summed E-state index contributed by atoms with van der Waals surface area (Å²) in [5, 5.41) is 6.14. The summed E-state index contributed by atoms with van der Waals surface area (Å²) >= 11 is 0. The van der Waals surface area contributed by atoms with Crippen LogP contribution in [0, 0.1) is 0 Å². The fraction of sp³-hybridized carbons (Fsp3) is 0.533. The largest absolute Gasteiger partial charge is 0.497 e. The highest BCUT2D eigenvalue weighted by atomic mass is 16.5. The fourth-order valence-electron chi connectivity index (χ4n) is 1.85. The number of carbonyl (C=O) groups is 1. The Bertz CT molecular complexity index is 435. The van der Waals surface area contributed by atoms with Crippen molar-refractivity contribution in [3.63, 3.8) is 0 Å². The first-order valence-corrected chi connectivity index (χ1v) is 6.86. The third-order valence-corrected chi connectivity index (χ3v) is 2.92. The van der Waals surface area contributed by atoms with E-state index in [1.54, 1.807) is 32.4 Å². The molecule has 1 unspecified atom stereocenters. The third-order valence-electron chi connectivity index (χ3n) is 2.92. The highest BCUT2D eigenvalue weighted by molar-refractivity contribution is 5.92. The van der Waals surface area contributed by atoms with Gasteiger partial charge in [0.05, 0.1) is 19.9 Å². The van der Waals surface area contributed by atoms with E-state index in [4.69, 9.17) is 9.47 Å². The molecule has 0 radical (unpaired) electrons. The Kier molecular flexibility index (Phi) is 6.87. The summed E-state index contributed by atoms with van der Waals surface area (Å²) in [6, 6.07) is 5.46. The van der Waals surface area contributed by atoms with Crippen molar-refractivity contribution in [2.75, 3.05) is 26.1 Å². The number of benzene rings is 1. The van der Waals surface area contributed by atoms with Crippen molar-refractivity contribution in [3.8, 4) is 11.5 Å². The van der Waals surface area contributed by atoms with E-state index in [1.165, 1.54) is 0 Å². The first-order chi connectivity index (χ1) is 9.60. The summed E-state index contributed by atoms with van der Waals surface area (Å²) in [5.74, 6) is 1.25. The second-order valence-electron chi connectivity index (χ2n) is 4.67. The van der Waals surface area contributed by atoms with Gasteiger partial charge in [0.15, 0.2) is 0 Å². The average molecular weight is 280 g/mol. The van der Waals surface area contributed by atoms with Gasteiger partial charge in [-0.3, -0.25) is 4.79 Å². The Hall–Kier alpha value is -1.75. The molecule has 20 heavy (non-hydrogen) atoms. The van der Waals surface area contributed by atoms with E-state index in [-0.39, 0.29) is 11.9 Å². The number of carbonyl (C=O) groups excluding carboxylic acids is 1. The van der Waals surface area contributed by atoms with Crippen molar-refractivity contribution in [1.29, 1.82) is 0 Å². The minimum Gasteiger partial charge on any atom is -0.497 e. The topological polar surface area (TPSA) is 59.6 Å². The Morgan fingerprint density at radius 2 is 2.05 bits per heavy atom. The Morgan fingerprint density at radius 1 is 1.30 bits per heavy atom. The fourth-order valence-corrected chi connectivity index (χ4v) is 1.85. The van der Waals surface area contributed by atoms with Crippen LogP contribution in [0.2, 0.25) is 0 Å². The summed E-state index contributed by atoms with van der Waals surface area (Å²) in [5.41, 5.74) is 0.625. The molecule has 0 heterocycles. The molecule has 0 fully saturated rings. The molecule has 1 atom stereocenters. The van der Waals surface area contributed by atoms with Crippen molar-refractivity contribution in [2.45, 2.75) is 32.7 Å². The van der Waals surface area contributed by atoms with Crippen LogP contribution >= 0.6 is 0 Å².